The van der Waals surface area contributed by atoms with Crippen molar-refractivity contribution in [2.75, 3.05) is 5.73 Å². The Morgan fingerprint density at radius 3 is 2.78 bits per heavy atom. The molecule has 2 N–H and O–H groups in total. The van der Waals surface area contributed by atoms with Crippen LogP contribution in [0.25, 0.3) is 11.3 Å². The topological polar surface area (TPSA) is 56.7 Å². The molecule has 0 radical (unpaired) electrons. The Morgan fingerprint density at radius 1 is 1.33 bits per heavy atom. The van der Waals surface area contributed by atoms with Gasteiger partial charge in [-0.2, -0.15) is 0 Å². The number of hydrogen-bond acceptors (Lipinski definition) is 3. The van der Waals surface area contributed by atoms with Gasteiger partial charge in [-0.25, -0.2) is 9.97 Å². The van der Waals surface area contributed by atoms with Crippen LogP contribution in [-0.2, 0) is 6.54 Å². The highest BCUT2D eigenvalue weighted by molar-refractivity contribution is 5.70. The largest absolute Gasteiger partial charge is 0.383 e. The molecular formula is C14H20N4. The van der Waals surface area contributed by atoms with Gasteiger partial charge in [0.05, 0.1) is 18.2 Å². The number of rotatable bonds is 4. The second-order valence-electron chi connectivity index (χ2n) is 5.09. The fourth-order valence-corrected chi connectivity index (χ4v) is 1.85. The molecule has 1 atom stereocenters. The predicted molar refractivity (Wildman–Crippen MR) is 73.9 cm³/mol. The maximum absolute atomic E-state index is 5.92. The fraction of sp³-hybridized carbons (Fsp3) is 0.429. The van der Waals surface area contributed by atoms with Gasteiger partial charge in [0.15, 0.2) is 0 Å². The van der Waals surface area contributed by atoms with E-state index >= 15 is 0 Å². The van der Waals surface area contributed by atoms with E-state index in [9.17, 15) is 0 Å². The van der Waals surface area contributed by atoms with E-state index in [-0.39, 0.29) is 0 Å². The first-order chi connectivity index (χ1) is 8.59. The van der Waals surface area contributed by atoms with E-state index in [2.05, 4.69) is 35.3 Å². The number of nitrogens with zero attached hydrogens (tertiary/aromatic N) is 3. The van der Waals surface area contributed by atoms with Crippen LogP contribution in [0.2, 0.25) is 0 Å². The summed E-state index contributed by atoms with van der Waals surface area (Å²) in [4.78, 5) is 8.36. The van der Waals surface area contributed by atoms with Crippen LogP contribution in [-0.4, -0.2) is 14.5 Å². The van der Waals surface area contributed by atoms with Crippen LogP contribution in [0, 0.1) is 11.8 Å². The van der Waals surface area contributed by atoms with Crippen molar-refractivity contribution in [2.45, 2.75) is 27.3 Å². The molecule has 0 aromatic carbocycles. The highest BCUT2D eigenvalue weighted by Crippen LogP contribution is 2.25. The highest BCUT2D eigenvalue weighted by Gasteiger charge is 2.13. The predicted octanol–water partition coefficient (Wildman–Crippen LogP) is 2.82. The third-order valence-corrected chi connectivity index (χ3v) is 3.45. The van der Waals surface area contributed by atoms with Crippen LogP contribution in [0.3, 0.4) is 0 Å². The highest BCUT2D eigenvalue weighted by atomic mass is 15.1. The average Bonchev–Trinajstić information content (AvgIpc) is 2.77. The molecule has 2 rings (SSSR count). The molecule has 0 aliphatic heterocycles. The van der Waals surface area contributed by atoms with Crippen molar-refractivity contribution >= 4 is 5.82 Å². The van der Waals surface area contributed by atoms with E-state index in [0.717, 1.165) is 17.8 Å². The number of imidazole rings is 1. The second kappa shape index (κ2) is 5.21. The third kappa shape index (κ3) is 2.53. The van der Waals surface area contributed by atoms with Crippen LogP contribution in [0.15, 0.2) is 30.9 Å². The molecule has 0 aliphatic rings. The lowest BCUT2D eigenvalue weighted by Crippen LogP contribution is -2.13. The van der Waals surface area contributed by atoms with Gasteiger partial charge in [-0.15, -0.1) is 0 Å². The Hall–Kier alpha value is -1.84. The molecule has 2 aromatic rings. The first kappa shape index (κ1) is 12.6. The Kier molecular flexibility index (Phi) is 3.65. The SMILES string of the molecule is CC(C)C(C)Cn1cncc1-c1cccnc1N. The number of hydrogen-bond donors (Lipinski definition) is 1. The molecule has 0 saturated heterocycles. The minimum atomic E-state index is 0.552. The van der Waals surface area contributed by atoms with E-state index in [0.29, 0.717) is 17.7 Å². The molecule has 0 fully saturated rings. The van der Waals surface area contributed by atoms with Crippen LogP contribution in [0.1, 0.15) is 20.8 Å². The lowest BCUT2D eigenvalue weighted by atomic mass is 9.98. The zero-order chi connectivity index (χ0) is 13.1. The molecule has 0 bridgehead atoms. The average molecular weight is 244 g/mol. The van der Waals surface area contributed by atoms with Gasteiger partial charge >= 0.3 is 0 Å². The van der Waals surface area contributed by atoms with Crippen molar-refractivity contribution in [3.8, 4) is 11.3 Å². The molecule has 2 aromatic heterocycles. The fourth-order valence-electron chi connectivity index (χ4n) is 1.85. The maximum Gasteiger partial charge on any atom is 0.132 e. The van der Waals surface area contributed by atoms with Gasteiger partial charge in [-0.1, -0.05) is 20.8 Å². The van der Waals surface area contributed by atoms with Gasteiger partial charge in [-0.3, -0.25) is 0 Å². The summed E-state index contributed by atoms with van der Waals surface area (Å²) in [5, 5.41) is 0. The summed E-state index contributed by atoms with van der Waals surface area (Å²) in [5.74, 6) is 1.79. The van der Waals surface area contributed by atoms with Crippen LogP contribution in [0.4, 0.5) is 5.82 Å². The Labute approximate surface area is 108 Å². The second-order valence-corrected chi connectivity index (χ2v) is 5.09. The van der Waals surface area contributed by atoms with E-state index in [1.807, 2.05) is 24.7 Å². The van der Waals surface area contributed by atoms with Gasteiger partial charge in [0.2, 0.25) is 0 Å². The zero-order valence-electron chi connectivity index (χ0n) is 11.2. The van der Waals surface area contributed by atoms with Gasteiger partial charge in [-0.05, 0) is 24.0 Å². The summed E-state index contributed by atoms with van der Waals surface area (Å²) in [5.41, 5.74) is 7.90. The van der Waals surface area contributed by atoms with Gasteiger partial charge in [0.1, 0.15) is 5.82 Å². The van der Waals surface area contributed by atoms with Crippen molar-refractivity contribution in [2.24, 2.45) is 11.8 Å². The van der Waals surface area contributed by atoms with Crippen LogP contribution in [0.5, 0.6) is 0 Å². The molecule has 0 spiro atoms. The molecule has 18 heavy (non-hydrogen) atoms. The molecule has 0 saturated carbocycles. The standard InChI is InChI=1S/C14H20N4/c1-10(2)11(3)8-18-9-16-7-13(18)12-5-4-6-17-14(12)15/h4-7,9-11H,8H2,1-3H3,(H2,15,17). The summed E-state index contributed by atoms with van der Waals surface area (Å²) in [7, 11) is 0. The molecule has 96 valence electrons. The smallest absolute Gasteiger partial charge is 0.132 e. The number of nitrogen functional groups attached to an aromatic ring is 1. The molecule has 4 heteroatoms. The number of pyridine rings is 1. The van der Waals surface area contributed by atoms with Crippen LogP contribution >= 0.6 is 0 Å². The molecular weight excluding hydrogens is 224 g/mol. The number of aromatic nitrogens is 3. The minimum Gasteiger partial charge on any atom is -0.383 e. The van der Waals surface area contributed by atoms with Crippen molar-refractivity contribution in [1.82, 2.24) is 14.5 Å². The van der Waals surface area contributed by atoms with E-state index in [4.69, 9.17) is 5.73 Å². The zero-order valence-corrected chi connectivity index (χ0v) is 11.2. The lowest BCUT2D eigenvalue weighted by Gasteiger charge is -2.18. The van der Waals surface area contributed by atoms with Gasteiger partial charge in [0.25, 0.3) is 0 Å². The monoisotopic (exact) mass is 244 g/mol. The first-order valence-electron chi connectivity index (χ1n) is 6.30. The number of anilines is 1. The van der Waals surface area contributed by atoms with E-state index in [1.165, 1.54) is 0 Å². The summed E-state index contributed by atoms with van der Waals surface area (Å²) >= 11 is 0. The molecule has 0 amide bonds. The summed E-state index contributed by atoms with van der Waals surface area (Å²) in [6.07, 6.45) is 5.41. The Balaban J connectivity index is 2.31. The maximum atomic E-state index is 5.92. The molecule has 2 heterocycles. The molecule has 0 aliphatic carbocycles. The van der Waals surface area contributed by atoms with Crippen LogP contribution < -0.4 is 5.73 Å². The van der Waals surface area contributed by atoms with Crippen molar-refractivity contribution in [3.63, 3.8) is 0 Å². The summed E-state index contributed by atoms with van der Waals surface area (Å²) in [6.45, 7) is 7.67. The number of nitrogens with two attached hydrogens (primary N) is 1. The Morgan fingerprint density at radius 2 is 2.11 bits per heavy atom. The van der Waals surface area contributed by atoms with Crippen molar-refractivity contribution in [1.29, 1.82) is 0 Å². The quantitative estimate of drug-likeness (QED) is 0.899. The van der Waals surface area contributed by atoms with Gasteiger partial charge < -0.3 is 10.3 Å². The minimum absolute atomic E-state index is 0.552. The molecule has 4 nitrogen and oxygen atoms in total. The van der Waals surface area contributed by atoms with E-state index < -0.39 is 0 Å². The summed E-state index contributed by atoms with van der Waals surface area (Å²) < 4.78 is 2.15. The Bertz CT molecular complexity index is 516. The lowest BCUT2D eigenvalue weighted by molar-refractivity contribution is 0.366. The normalized spacial score (nSPS) is 12.9. The first-order valence-corrected chi connectivity index (χ1v) is 6.30. The third-order valence-electron chi connectivity index (χ3n) is 3.45. The van der Waals surface area contributed by atoms with E-state index in [1.54, 1.807) is 6.20 Å². The van der Waals surface area contributed by atoms with Gasteiger partial charge in [0, 0.05) is 18.3 Å². The van der Waals surface area contributed by atoms with Crippen molar-refractivity contribution in [3.05, 3.63) is 30.9 Å². The van der Waals surface area contributed by atoms with Crippen molar-refractivity contribution < 1.29 is 0 Å². The molecule has 1 unspecified atom stereocenters. The summed E-state index contributed by atoms with van der Waals surface area (Å²) in [6, 6.07) is 3.88.